The molecule has 2 atom stereocenters. The lowest BCUT2D eigenvalue weighted by atomic mass is 9.98. The third-order valence-electron chi connectivity index (χ3n) is 6.31. The van der Waals surface area contributed by atoms with Gasteiger partial charge in [-0.25, -0.2) is 4.79 Å². The molecule has 7 nitrogen and oxygen atoms in total. The molecule has 8 heteroatoms. The molecule has 0 bridgehead atoms. The number of hydrogen-bond donors (Lipinski definition) is 2. The second-order valence-corrected chi connectivity index (χ2v) is 9.33. The smallest absolute Gasteiger partial charge is 0.407 e. The predicted octanol–water partition coefficient (Wildman–Crippen LogP) is 4.36. The molecule has 0 fully saturated rings. The molecule has 0 saturated heterocycles. The van der Waals surface area contributed by atoms with Crippen LogP contribution < -0.4 is 5.32 Å². The highest BCUT2D eigenvalue weighted by molar-refractivity contribution is 7.98. The molecular weight excluding hydrogens is 452 g/mol. The monoisotopic (exact) mass is 484 g/mol. The SMILES string of the molecule is CCC(CSC)N(C)C(=O)C(CCC(=O)O)NC(=O)OCC1c2ccccc2-c2ccccc21. The van der Waals surface area contributed by atoms with Crippen molar-refractivity contribution in [3.8, 4) is 11.1 Å². The number of carboxylic acid groups (broad SMARTS) is 1. The number of fused-ring (bicyclic) bond motifs is 3. The van der Waals surface area contributed by atoms with Crippen LogP contribution in [0.5, 0.6) is 0 Å². The Labute approximate surface area is 204 Å². The standard InChI is InChI=1S/C26H32N2O5S/c1-4-17(16-34-3)28(2)25(31)23(13-14-24(29)30)27-26(32)33-15-22-20-11-7-5-9-18(20)19-10-6-8-12-21(19)22/h5-12,17,22-23H,4,13-16H2,1-3H3,(H,27,32)(H,29,30). The van der Waals surface area contributed by atoms with Crippen molar-refractivity contribution in [3.63, 3.8) is 0 Å². The number of aliphatic carboxylic acids is 1. The summed E-state index contributed by atoms with van der Waals surface area (Å²) in [5.41, 5.74) is 4.44. The third-order valence-corrected chi connectivity index (χ3v) is 7.02. The minimum atomic E-state index is -1.02. The average Bonchev–Trinajstić information content (AvgIpc) is 3.16. The quantitative estimate of drug-likeness (QED) is 0.492. The maximum absolute atomic E-state index is 13.1. The van der Waals surface area contributed by atoms with E-state index in [-0.39, 0.29) is 37.3 Å². The van der Waals surface area contributed by atoms with E-state index >= 15 is 0 Å². The van der Waals surface area contributed by atoms with Crippen LogP contribution in [0.1, 0.15) is 43.2 Å². The van der Waals surface area contributed by atoms with Gasteiger partial charge in [-0.15, -0.1) is 0 Å². The Hall–Kier alpha value is -3.00. The number of ether oxygens (including phenoxy) is 1. The number of carboxylic acids is 1. The zero-order valence-corrected chi connectivity index (χ0v) is 20.6. The normalized spacial score (nSPS) is 14.0. The van der Waals surface area contributed by atoms with Crippen molar-refractivity contribution >= 4 is 29.7 Å². The number of amides is 2. The van der Waals surface area contributed by atoms with Gasteiger partial charge in [0.25, 0.3) is 0 Å². The number of thioether (sulfide) groups is 1. The van der Waals surface area contributed by atoms with Gasteiger partial charge in [0.15, 0.2) is 0 Å². The number of nitrogens with one attached hydrogen (secondary N) is 1. The van der Waals surface area contributed by atoms with Gasteiger partial charge in [-0.2, -0.15) is 11.8 Å². The molecule has 0 aliphatic heterocycles. The maximum Gasteiger partial charge on any atom is 0.407 e. The zero-order chi connectivity index (χ0) is 24.7. The Balaban J connectivity index is 1.69. The molecule has 2 amide bonds. The summed E-state index contributed by atoms with van der Waals surface area (Å²) in [4.78, 5) is 38.6. The summed E-state index contributed by atoms with van der Waals surface area (Å²) in [7, 11) is 1.69. The van der Waals surface area contributed by atoms with Crippen LogP contribution in [0.2, 0.25) is 0 Å². The molecule has 182 valence electrons. The summed E-state index contributed by atoms with van der Waals surface area (Å²) < 4.78 is 5.57. The summed E-state index contributed by atoms with van der Waals surface area (Å²) in [5, 5.41) is 11.7. The first kappa shape index (κ1) is 25.6. The van der Waals surface area contributed by atoms with Gasteiger partial charge >= 0.3 is 12.1 Å². The number of carbonyl (C=O) groups is 3. The van der Waals surface area contributed by atoms with Crippen molar-refractivity contribution in [2.24, 2.45) is 0 Å². The Morgan fingerprint density at radius 2 is 1.68 bits per heavy atom. The molecule has 2 N–H and O–H groups in total. The number of alkyl carbamates (subject to hydrolysis) is 1. The largest absolute Gasteiger partial charge is 0.481 e. The number of rotatable bonds is 11. The maximum atomic E-state index is 13.1. The van der Waals surface area contributed by atoms with Gasteiger partial charge in [0.05, 0.1) is 0 Å². The van der Waals surface area contributed by atoms with Crippen molar-refractivity contribution in [2.75, 3.05) is 25.7 Å². The van der Waals surface area contributed by atoms with E-state index in [2.05, 4.69) is 17.4 Å². The molecule has 1 aliphatic rings. The van der Waals surface area contributed by atoms with E-state index in [0.29, 0.717) is 0 Å². The lowest BCUT2D eigenvalue weighted by Crippen LogP contribution is -2.51. The summed E-state index contributed by atoms with van der Waals surface area (Å²) in [6, 6.07) is 15.1. The Kier molecular flexibility index (Phi) is 8.98. The number of hydrogen-bond acceptors (Lipinski definition) is 5. The van der Waals surface area contributed by atoms with Gasteiger partial charge in [0.1, 0.15) is 12.6 Å². The summed E-state index contributed by atoms with van der Waals surface area (Å²) in [5.74, 6) is -0.670. The van der Waals surface area contributed by atoms with Gasteiger partial charge in [-0.3, -0.25) is 9.59 Å². The van der Waals surface area contributed by atoms with Gasteiger partial charge < -0.3 is 20.1 Å². The van der Waals surface area contributed by atoms with E-state index < -0.39 is 18.1 Å². The van der Waals surface area contributed by atoms with Crippen LogP contribution in [-0.4, -0.2) is 65.7 Å². The topological polar surface area (TPSA) is 95.9 Å². The van der Waals surface area contributed by atoms with Crippen molar-refractivity contribution in [1.82, 2.24) is 10.2 Å². The molecular formula is C26H32N2O5S. The van der Waals surface area contributed by atoms with Gasteiger partial charge in [0, 0.05) is 31.2 Å². The van der Waals surface area contributed by atoms with Crippen LogP contribution in [0, 0.1) is 0 Å². The fraction of sp³-hybridized carbons (Fsp3) is 0.423. The van der Waals surface area contributed by atoms with Crippen LogP contribution in [-0.2, 0) is 14.3 Å². The van der Waals surface area contributed by atoms with E-state index in [1.165, 1.54) is 0 Å². The van der Waals surface area contributed by atoms with Gasteiger partial charge in [-0.05, 0) is 41.4 Å². The fourth-order valence-corrected chi connectivity index (χ4v) is 5.27. The van der Waals surface area contributed by atoms with Crippen LogP contribution >= 0.6 is 11.8 Å². The van der Waals surface area contributed by atoms with Crippen LogP contribution in [0.4, 0.5) is 4.79 Å². The lowest BCUT2D eigenvalue weighted by molar-refractivity contribution is -0.138. The Morgan fingerprint density at radius 3 is 2.21 bits per heavy atom. The highest BCUT2D eigenvalue weighted by Gasteiger charge is 2.31. The number of carbonyl (C=O) groups excluding carboxylic acids is 2. The van der Waals surface area contributed by atoms with Crippen LogP contribution in [0.3, 0.4) is 0 Å². The molecule has 0 radical (unpaired) electrons. The van der Waals surface area contributed by atoms with E-state index in [0.717, 1.165) is 34.4 Å². The minimum absolute atomic E-state index is 0.000796. The Morgan fingerprint density at radius 1 is 1.09 bits per heavy atom. The first-order valence-electron chi connectivity index (χ1n) is 11.5. The van der Waals surface area contributed by atoms with E-state index in [9.17, 15) is 14.4 Å². The first-order valence-corrected chi connectivity index (χ1v) is 12.9. The van der Waals surface area contributed by atoms with Crippen LogP contribution in [0.25, 0.3) is 11.1 Å². The summed E-state index contributed by atoms with van der Waals surface area (Å²) in [6.45, 7) is 2.12. The highest BCUT2D eigenvalue weighted by Crippen LogP contribution is 2.44. The number of nitrogens with zero attached hydrogens (tertiary/aromatic N) is 1. The molecule has 0 spiro atoms. The molecule has 0 aromatic heterocycles. The second-order valence-electron chi connectivity index (χ2n) is 8.42. The summed E-state index contributed by atoms with van der Waals surface area (Å²) >= 11 is 1.63. The molecule has 3 rings (SSSR count). The second kappa shape index (κ2) is 11.9. The minimum Gasteiger partial charge on any atom is -0.481 e. The van der Waals surface area contributed by atoms with Crippen molar-refractivity contribution in [2.45, 2.75) is 44.2 Å². The highest BCUT2D eigenvalue weighted by atomic mass is 32.2. The van der Waals surface area contributed by atoms with E-state index in [1.54, 1.807) is 23.7 Å². The molecule has 2 aromatic rings. The number of likely N-dealkylation sites (N-methyl/N-ethyl adjacent to an activating group) is 1. The van der Waals surface area contributed by atoms with Gasteiger partial charge in [-0.1, -0.05) is 55.5 Å². The van der Waals surface area contributed by atoms with Crippen molar-refractivity contribution in [3.05, 3.63) is 59.7 Å². The predicted molar refractivity (Wildman–Crippen MR) is 134 cm³/mol. The van der Waals surface area contributed by atoms with E-state index in [1.807, 2.05) is 49.6 Å². The zero-order valence-electron chi connectivity index (χ0n) is 19.8. The average molecular weight is 485 g/mol. The summed E-state index contributed by atoms with van der Waals surface area (Å²) in [6.07, 6.45) is 1.78. The van der Waals surface area contributed by atoms with Crippen LogP contribution in [0.15, 0.2) is 48.5 Å². The molecule has 2 aromatic carbocycles. The van der Waals surface area contributed by atoms with Gasteiger partial charge in [0.2, 0.25) is 5.91 Å². The molecule has 1 aliphatic carbocycles. The molecule has 34 heavy (non-hydrogen) atoms. The molecule has 0 heterocycles. The lowest BCUT2D eigenvalue weighted by Gasteiger charge is -2.30. The first-order chi connectivity index (χ1) is 16.4. The van der Waals surface area contributed by atoms with E-state index in [4.69, 9.17) is 9.84 Å². The van der Waals surface area contributed by atoms with Crippen molar-refractivity contribution < 1.29 is 24.2 Å². The molecule has 0 saturated carbocycles. The van der Waals surface area contributed by atoms with Crippen molar-refractivity contribution in [1.29, 1.82) is 0 Å². The molecule has 2 unspecified atom stereocenters. The fourth-order valence-electron chi connectivity index (χ4n) is 4.43. The Bertz CT molecular complexity index is 982. The third kappa shape index (κ3) is 5.91. The number of benzene rings is 2.